The second-order valence-electron chi connectivity index (χ2n) is 6.03. The van der Waals surface area contributed by atoms with Crippen LogP contribution in [0.4, 0.5) is 17.3 Å². The summed E-state index contributed by atoms with van der Waals surface area (Å²) in [5, 5.41) is 3.90. The standard InChI is InChI=1S/C20H20N6O2/c1-13-6-3-4-9-17(13)19(28)26(16-11-23-20(21)24-12-16)25-15-8-5-7-14(10-15)18(27)22-2/h3-12,25H,1-2H3,(H,22,27)(H2,21,23,24). The SMILES string of the molecule is CNC(=O)c1cccc(NN(C(=O)c2ccccc2C)c2cnc(N)nc2)c1. The van der Waals surface area contributed by atoms with Gasteiger partial charge in [0.25, 0.3) is 11.8 Å². The van der Waals surface area contributed by atoms with Crippen LogP contribution in [0, 0.1) is 6.92 Å². The summed E-state index contributed by atoms with van der Waals surface area (Å²) in [6, 6.07) is 14.1. The summed E-state index contributed by atoms with van der Waals surface area (Å²) in [5.41, 5.74) is 11.4. The molecule has 8 nitrogen and oxygen atoms in total. The molecule has 0 saturated carbocycles. The fourth-order valence-electron chi connectivity index (χ4n) is 2.62. The van der Waals surface area contributed by atoms with Crippen LogP contribution >= 0.6 is 0 Å². The molecule has 1 heterocycles. The van der Waals surface area contributed by atoms with Crippen LogP contribution < -0.4 is 21.5 Å². The molecule has 8 heteroatoms. The van der Waals surface area contributed by atoms with Crippen molar-refractivity contribution in [3.63, 3.8) is 0 Å². The van der Waals surface area contributed by atoms with Crippen molar-refractivity contribution in [1.82, 2.24) is 15.3 Å². The van der Waals surface area contributed by atoms with Gasteiger partial charge in [-0.25, -0.2) is 15.0 Å². The lowest BCUT2D eigenvalue weighted by molar-refractivity contribution is 0.0961. The van der Waals surface area contributed by atoms with E-state index < -0.39 is 0 Å². The van der Waals surface area contributed by atoms with Gasteiger partial charge < -0.3 is 11.1 Å². The Bertz CT molecular complexity index is 1000. The number of amides is 2. The van der Waals surface area contributed by atoms with Crippen LogP contribution in [-0.2, 0) is 0 Å². The summed E-state index contributed by atoms with van der Waals surface area (Å²) in [5.74, 6) is -0.415. The molecule has 0 fully saturated rings. The van der Waals surface area contributed by atoms with Crippen molar-refractivity contribution in [2.75, 3.05) is 23.2 Å². The van der Waals surface area contributed by atoms with E-state index in [0.29, 0.717) is 22.5 Å². The first-order valence-electron chi connectivity index (χ1n) is 8.56. The normalized spacial score (nSPS) is 10.2. The van der Waals surface area contributed by atoms with E-state index in [-0.39, 0.29) is 17.8 Å². The van der Waals surface area contributed by atoms with Crippen LogP contribution in [0.1, 0.15) is 26.3 Å². The Kier molecular flexibility index (Phi) is 5.50. The number of anilines is 3. The molecule has 142 valence electrons. The molecule has 0 spiro atoms. The number of hydrogen-bond donors (Lipinski definition) is 3. The number of hydrogen-bond acceptors (Lipinski definition) is 6. The Hall–Kier alpha value is -3.94. The Morgan fingerprint density at radius 3 is 2.43 bits per heavy atom. The molecular weight excluding hydrogens is 356 g/mol. The lowest BCUT2D eigenvalue weighted by Gasteiger charge is -2.25. The van der Waals surface area contributed by atoms with Gasteiger partial charge in [0.2, 0.25) is 5.95 Å². The number of nitrogens with one attached hydrogen (secondary N) is 2. The maximum Gasteiger partial charge on any atom is 0.277 e. The van der Waals surface area contributed by atoms with Gasteiger partial charge in [-0.15, -0.1) is 0 Å². The van der Waals surface area contributed by atoms with Crippen LogP contribution in [0.3, 0.4) is 0 Å². The lowest BCUT2D eigenvalue weighted by Crippen LogP contribution is -2.37. The van der Waals surface area contributed by atoms with Crippen molar-refractivity contribution in [3.8, 4) is 0 Å². The second kappa shape index (κ2) is 8.17. The van der Waals surface area contributed by atoms with Gasteiger partial charge in [-0.2, -0.15) is 0 Å². The molecular formula is C20H20N6O2. The predicted octanol–water partition coefficient (Wildman–Crippen LogP) is 2.40. The highest BCUT2D eigenvalue weighted by molar-refractivity contribution is 6.08. The van der Waals surface area contributed by atoms with E-state index in [2.05, 4.69) is 20.7 Å². The van der Waals surface area contributed by atoms with Gasteiger partial charge in [0.05, 0.1) is 18.1 Å². The van der Waals surface area contributed by atoms with Crippen molar-refractivity contribution in [2.45, 2.75) is 6.92 Å². The molecule has 1 aromatic heterocycles. The third kappa shape index (κ3) is 4.07. The Morgan fingerprint density at radius 2 is 1.75 bits per heavy atom. The van der Waals surface area contributed by atoms with E-state index in [1.165, 1.54) is 17.4 Å². The summed E-state index contributed by atoms with van der Waals surface area (Å²) < 4.78 is 0. The fraction of sp³-hybridized carbons (Fsp3) is 0.100. The van der Waals surface area contributed by atoms with E-state index in [1.54, 1.807) is 43.4 Å². The maximum atomic E-state index is 13.2. The van der Waals surface area contributed by atoms with E-state index in [4.69, 9.17) is 5.73 Å². The van der Waals surface area contributed by atoms with Crippen LogP contribution in [-0.4, -0.2) is 28.8 Å². The minimum atomic E-state index is -0.295. The zero-order valence-corrected chi connectivity index (χ0v) is 15.5. The molecule has 2 aromatic carbocycles. The molecule has 0 aliphatic carbocycles. The molecule has 0 aliphatic heterocycles. The highest BCUT2D eigenvalue weighted by atomic mass is 16.2. The monoisotopic (exact) mass is 376 g/mol. The summed E-state index contributed by atoms with van der Waals surface area (Å²) in [6.07, 6.45) is 2.90. The molecule has 3 rings (SSSR count). The largest absolute Gasteiger partial charge is 0.368 e. The first-order chi connectivity index (χ1) is 13.5. The van der Waals surface area contributed by atoms with E-state index in [9.17, 15) is 9.59 Å². The number of benzene rings is 2. The van der Waals surface area contributed by atoms with Gasteiger partial charge in [0.15, 0.2) is 0 Å². The number of aromatic nitrogens is 2. The number of nitrogens with two attached hydrogens (primary N) is 1. The van der Waals surface area contributed by atoms with Crippen molar-refractivity contribution in [3.05, 3.63) is 77.6 Å². The van der Waals surface area contributed by atoms with Crippen LogP contribution in [0.15, 0.2) is 60.9 Å². The topological polar surface area (TPSA) is 113 Å². The van der Waals surface area contributed by atoms with Crippen LogP contribution in [0.5, 0.6) is 0 Å². The predicted molar refractivity (Wildman–Crippen MR) is 108 cm³/mol. The van der Waals surface area contributed by atoms with Crippen LogP contribution in [0.2, 0.25) is 0 Å². The third-order valence-electron chi connectivity index (χ3n) is 4.09. The molecule has 4 N–H and O–H groups in total. The molecule has 0 unspecified atom stereocenters. The first-order valence-corrected chi connectivity index (χ1v) is 8.56. The Morgan fingerprint density at radius 1 is 1.04 bits per heavy atom. The maximum absolute atomic E-state index is 13.2. The number of carbonyl (C=O) groups excluding carboxylic acids is 2. The van der Waals surface area contributed by atoms with Gasteiger partial charge in [0.1, 0.15) is 5.69 Å². The molecule has 0 atom stereocenters. The van der Waals surface area contributed by atoms with Gasteiger partial charge in [-0.3, -0.25) is 15.0 Å². The number of carbonyl (C=O) groups is 2. The fourth-order valence-corrected chi connectivity index (χ4v) is 2.62. The van der Waals surface area contributed by atoms with Gasteiger partial charge in [-0.1, -0.05) is 24.3 Å². The molecule has 3 aromatic rings. The highest BCUT2D eigenvalue weighted by Crippen LogP contribution is 2.20. The minimum Gasteiger partial charge on any atom is -0.368 e. The lowest BCUT2D eigenvalue weighted by atomic mass is 10.1. The number of rotatable bonds is 5. The number of aryl methyl sites for hydroxylation is 1. The summed E-state index contributed by atoms with van der Waals surface area (Å²) in [7, 11) is 1.56. The molecule has 0 bridgehead atoms. The number of nitrogens with zero attached hydrogens (tertiary/aromatic N) is 3. The van der Waals surface area contributed by atoms with Crippen molar-refractivity contribution >= 4 is 29.1 Å². The average Bonchev–Trinajstić information content (AvgIpc) is 2.72. The van der Waals surface area contributed by atoms with Crippen molar-refractivity contribution < 1.29 is 9.59 Å². The Labute approximate surface area is 162 Å². The molecule has 0 aliphatic rings. The van der Waals surface area contributed by atoms with E-state index in [1.807, 2.05) is 19.1 Å². The molecule has 0 saturated heterocycles. The minimum absolute atomic E-state index is 0.105. The molecule has 0 radical (unpaired) electrons. The van der Waals surface area contributed by atoms with Crippen LogP contribution in [0.25, 0.3) is 0 Å². The van der Waals surface area contributed by atoms with E-state index >= 15 is 0 Å². The second-order valence-corrected chi connectivity index (χ2v) is 6.03. The average molecular weight is 376 g/mol. The molecule has 28 heavy (non-hydrogen) atoms. The quantitative estimate of drug-likeness (QED) is 0.589. The van der Waals surface area contributed by atoms with Crippen molar-refractivity contribution in [1.29, 1.82) is 0 Å². The summed E-state index contributed by atoms with van der Waals surface area (Å²) in [6.45, 7) is 1.86. The van der Waals surface area contributed by atoms with Gasteiger partial charge in [-0.05, 0) is 36.8 Å². The first kappa shape index (κ1) is 18.8. The zero-order valence-electron chi connectivity index (χ0n) is 15.5. The number of nitrogen functional groups attached to an aromatic ring is 1. The summed E-state index contributed by atoms with van der Waals surface area (Å²) in [4.78, 5) is 33.1. The third-order valence-corrected chi connectivity index (χ3v) is 4.09. The van der Waals surface area contributed by atoms with Crippen molar-refractivity contribution in [2.24, 2.45) is 0 Å². The zero-order chi connectivity index (χ0) is 20.1. The summed E-state index contributed by atoms with van der Waals surface area (Å²) >= 11 is 0. The number of hydrazine groups is 1. The molecule has 2 amide bonds. The van der Waals surface area contributed by atoms with E-state index in [0.717, 1.165) is 5.56 Å². The van der Waals surface area contributed by atoms with Gasteiger partial charge >= 0.3 is 0 Å². The highest BCUT2D eigenvalue weighted by Gasteiger charge is 2.21. The smallest absolute Gasteiger partial charge is 0.277 e. The van der Waals surface area contributed by atoms with Gasteiger partial charge in [0, 0.05) is 18.2 Å². The Balaban J connectivity index is 2.00.